The van der Waals surface area contributed by atoms with E-state index in [1.54, 1.807) is 30.3 Å². The number of rotatable bonds is 6. The van der Waals surface area contributed by atoms with Crippen LogP contribution in [0.15, 0.2) is 30.3 Å². The normalized spacial score (nSPS) is 16.9. The third-order valence-electron chi connectivity index (χ3n) is 1.66. The van der Waals surface area contributed by atoms with Crippen LogP contribution in [0.1, 0.15) is 0 Å². The Labute approximate surface area is 132 Å². The molecule has 1 rings (SSSR count). The van der Waals surface area contributed by atoms with Crippen molar-refractivity contribution in [3.05, 3.63) is 30.3 Å². The summed E-state index contributed by atoms with van der Waals surface area (Å²) < 4.78 is 25.7. The molecule has 0 aliphatic carbocycles. The lowest BCUT2D eigenvalue weighted by atomic mass is 10.3. The van der Waals surface area contributed by atoms with Crippen LogP contribution in [0.2, 0.25) is 0 Å². The number of phosphoric acid groups is 1. The van der Waals surface area contributed by atoms with Gasteiger partial charge in [-0.15, -0.1) is 0 Å². The van der Waals surface area contributed by atoms with E-state index >= 15 is 0 Å². The van der Waals surface area contributed by atoms with Crippen LogP contribution in [-0.4, -0.2) is 15.4 Å². The van der Waals surface area contributed by atoms with E-state index in [-0.39, 0.29) is 0 Å². The number of phosphoric ester groups is 1. The molecule has 2 atom stereocenters. The predicted molar refractivity (Wildman–Crippen MR) is 78.8 cm³/mol. The fourth-order valence-electron chi connectivity index (χ4n) is 0.885. The first-order valence-electron chi connectivity index (χ1n) is 4.56. The smallest absolute Gasteiger partial charge is 0.404 e. The zero-order valence-corrected chi connectivity index (χ0v) is 14.6. The highest BCUT2D eigenvalue weighted by atomic mass is 79.9. The number of benzene rings is 1. The van der Waals surface area contributed by atoms with Crippen LogP contribution in [0.3, 0.4) is 0 Å². The highest BCUT2D eigenvalue weighted by Gasteiger charge is 2.39. The van der Waals surface area contributed by atoms with E-state index in [9.17, 15) is 4.57 Å². The molecule has 0 fully saturated rings. The Hall–Kier alpha value is 0.710. The number of halogens is 4. The van der Waals surface area contributed by atoms with Gasteiger partial charge in [-0.1, -0.05) is 57.3 Å². The molecule has 0 saturated heterocycles. The molecule has 2 unspecified atom stereocenters. The third-order valence-corrected chi connectivity index (χ3v) is 6.13. The van der Waals surface area contributed by atoms with Crippen molar-refractivity contribution in [3.8, 4) is 5.75 Å². The molecule has 1 aromatic carbocycles. The maximum absolute atomic E-state index is 12.2. The van der Waals surface area contributed by atoms with Gasteiger partial charge >= 0.3 is 7.82 Å². The molecule has 9 heteroatoms. The van der Waals surface area contributed by atoms with E-state index in [1.165, 1.54) is 7.11 Å². The van der Waals surface area contributed by atoms with Gasteiger partial charge < -0.3 is 4.52 Å². The Morgan fingerprint density at radius 3 is 2.33 bits per heavy atom. The molecule has 102 valence electrons. The minimum atomic E-state index is -3.82. The first-order valence-corrected chi connectivity index (χ1v) is 8.49. The second-order valence-electron chi connectivity index (χ2n) is 3.00. The van der Waals surface area contributed by atoms with E-state index < -0.39 is 16.1 Å². The Morgan fingerprint density at radius 1 is 1.33 bits per heavy atom. The Kier molecular flexibility index (Phi) is 6.46. The van der Waals surface area contributed by atoms with Gasteiger partial charge in [0.2, 0.25) is 3.24 Å². The summed E-state index contributed by atoms with van der Waals surface area (Å²) in [6, 6.07) is 8.46. The fourth-order valence-corrected chi connectivity index (χ4v) is 2.92. The quantitative estimate of drug-likeness (QED) is 0.455. The molecule has 1 aromatic rings. The first-order chi connectivity index (χ1) is 8.27. The maximum atomic E-state index is 12.2. The van der Waals surface area contributed by atoms with Gasteiger partial charge in [0.1, 0.15) is 5.75 Å². The SMILES string of the molecule is COP(=O)(Oc1ccccc1)OC(Br)C(Cl)(Cl)Br. The molecule has 0 amide bonds. The van der Waals surface area contributed by atoms with E-state index in [1.807, 2.05) is 0 Å². The summed E-state index contributed by atoms with van der Waals surface area (Å²) in [5.74, 6) is 0.340. The highest BCUT2D eigenvalue weighted by Crippen LogP contribution is 2.54. The number of alkyl halides is 4. The summed E-state index contributed by atoms with van der Waals surface area (Å²) in [5, 5.41) is -0.997. The minimum absolute atomic E-state index is 0.340. The van der Waals surface area contributed by atoms with Gasteiger partial charge in [-0.3, -0.25) is 9.05 Å². The van der Waals surface area contributed by atoms with E-state index in [4.69, 9.17) is 36.8 Å². The van der Waals surface area contributed by atoms with E-state index in [2.05, 4.69) is 31.9 Å². The second kappa shape index (κ2) is 6.93. The lowest BCUT2D eigenvalue weighted by Crippen LogP contribution is -2.21. The molecule has 4 nitrogen and oxygen atoms in total. The van der Waals surface area contributed by atoms with Crippen molar-refractivity contribution >= 4 is 62.9 Å². The Morgan fingerprint density at radius 2 is 1.89 bits per heavy atom. The van der Waals surface area contributed by atoms with Gasteiger partial charge in [0.15, 0.2) is 5.01 Å². The molecular formula is C9H9Br2Cl2O4P. The second-order valence-corrected chi connectivity index (χ2v) is 9.03. The number of hydrogen-bond acceptors (Lipinski definition) is 4. The van der Waals surface area contributed by atoms with Crippen LogP contribution in [0.4, 0.5) is 0 Å². The zero-order chi connectivity index (χ0) is 13.8. The van der Waals surface area contributed by atoms with Gasteiger partial charge in [-0.2, -0.15) is 0 Å². The summed E-state index contributed by atoms with van der Waals surface area (Å²) in [7, 11) is -2.62. The van der Waals surface area contributed by atoms with Crippen molar-refractivity contribution in [3.63, 3.8) is 0 Å². The topological polar surface area (TPSA) is 44.8 Å². The number of hydrogen-bond donors (Lipinski definition) is 0. The molecular weight excluding hydrogens is 434 g/mol. The van der Waals surface area contributed by atoms with Crippen molar-refractivity contribution in [2.75, 3.05) is 7.11 Å². The lowest BCUT2D eigenvalue weighted by molar-refractivity contribution is 0.172. The van der Waals surface area contributed by atoms with Crippen LogP contribution in [0.25, 0.3) is 0 Å². The van der Waals surface area contributed by atoms with Crippen molar-refractivity contribution < 1.29 is 18.1 Å². The standard InChI is InChI=1S/C9H9Br2Cl2O4P/c1-15-18(14,17-8(10)9(11,12)13)16-7-5-3-2-4-6-7/h2-6,8H,1H3. The van der Waals surface area contributed by atoms with E-state index in [0.717, 1.165) is 0 Å². The van der Waals surface area contributed by atoms with Gasteiger partial charge in [-0.05, 0) is 28.1 Å². The molecule has 0 radical (unpaired) electrons. The summed E-state index contributed by atoms with van der Waals surface area (Å²) in [6.45, 7) is 0. The molecule has 0 N–H and O–H groups in total. The average Bonchev–Trinajstić information content (AvgIpc) is 2.29. The monoisotopic (exact) mass is 440 g/mol. The molecule has 0 heterocycles. The number of para-hydroxylation sites is 1. The summed E-state index contributed by atoms with van der Waals surface area (Å²) >= 11 is 17.4. The average molecular weight is 443 g/mol. The Bertz CT molecular complexity index is 426. The maximum Gasteiger partial charge on any atom is 0.531 e. The Balaban J connectivity index is 2.78. The van der Waals surface area contributed by atoms with Crippen LogP contribution in [0, 0.1) is 0 Å². The summed E-state index contributed by atoms with van der Waals surface area (Å²) in [5.41, 5.74) is 0. The fraction of sp³-hybridized carbons (Fsp3) is 0.333. The molecule has 0 aromatic heterocycles. The predicted octanol–water partition coefficient (Wildman–Crippen LogP) is 5.08. The molecule has 0 saturated carbocycles. The molecule has 0 spiro atoms. The van der Waals surface area contributed by atoms with Crippen LogP contribution < -0.4 is 4.52 Å². The zero-order valence-electron chi connectivity index (χ0n) is 9.06. The van der Waals surface area contributed by atoms with Crippen LogP contribution in [0.5, 0.6) is 5.75 Å². The summed E-state index contributed by atoms with van der Waals surface area (Å²) in [6.07, 6.45) is 0. The van der Waals surface area contributed by atoms with Gasteiger partial charge in [0, 0.05) is 7.11 Å². The van der Waals surface area contributed by atoms with Gasteiger partial charge in [0.05, 0.1) is 0 Å². The largest absolute Gasteiger partial charge is 0.531 e. The first kappa shape index (κ1) is 16.8. The van der Waals surface area contributed by atoms with Crippen molar-refractivity contribution in [1.82, 2.24) is 0 Å². The summed E-state index contributed by atoms with van der Waals surface area (Å²) in [4.78, 5) is 0. The van der Waals surface area contributed by atoms with E-state index in [0.29, 0.717) is 5.75 Å². The molecule has 18 heavy (non-hydrogen) atoms. The van der Waals surface area contributed by atoms with Crippen molar-refractivity contribution in [2.24, 2.45) is 0 Å². The molecule has 0 aliphatic heterocycles. The van der Waals surface area contributed by atoms with Crippen LogP contribution in [-0.2, 0) is 13.6 Å². The molecule has 0 bridgehead atoms. The van der Waals surface area contributed by atoms with Crippen molar-refractivity contribution in [1.29, 1.82) is 0 Å². The minimum Gasteiger partial charge on any atom is -0.404 e. The van der Waals surface area contributed by atoms with Gasteiger partial charge in [0.25, 0.3) is 0 Å². The van der Waals surface area contributed by atoms with Crippen LogP contribution >= 0.6 is 62.9 Å². The third kappa shape index (κ3) is 5.37. The highest BCUT2D eigenvalue weighted by molar-refractivity contribution is 9.13. The molecule has 0 aliphatic rings. The van der Waals surface area contributed by atoms with Gasteiger partial charge in [-0.25, -0.2) is 4.57 Å². The lowest BCUT2D eigenvalue weighted by Gasteiger charge is -2.23. The van der Waals surface area contributed by atoms with Crippen molar-refractivity contribution in [2.45, 2.75) is 8.26 Å².